The molecule has 0 saturated carbocycles. The van der Waals surface area contributed by atoms with Crippen LogP contribution in [0, 0.1) is 12.8 Å². The largest absolute Gasteiger partial charge is 0.351 e. The van der Waals surface area contributed by atoms with Crippen molar-refractivity contribution in [3.8, 4) is 0 Å². The number of hydrogen-bond acceptors (Lipinski definition) is 3. The number of aryl methyl sites for hydroxylation is 1. The molecule has 7 heteroatoms. The molecule has 0 heterocycles. The van der Waals surface area contributed by atoms with Crippen LogP contribution in [0.1, 0.15) is 37.0 Å². The van der Waals surface area contributed by atoms with Crippen LogP contribution in [0.25, 0.3) is 0 Å². The number of rotatable bonds is 10. The number of hydrogen-bond donors (Lipinski definition) is 3. The van der Waals surface area contributed by atoms with Crippen LogP contribution in [-0.2, 0) is 27.9 Å². The Hall–Kier alpha value is -2.22. The van der Waals surface area contributed by atoms with Crippen molar-refractivity contribution in [2.45, 2.75) is 51.2 Å². The summed E-state index contributed by atoms with van der Waals surface area (Å²) >= 11 is 0. The van der Waals surface area contributed by atoms with E-state index in [0.717, 1.165) is 17.7 Å². The van der Waals surface area contributed by atoms with Crippen molar-refractivity contribution in [2.24, 2.45) is 5.92 Å². The summed E-state index contributed by atoms with van der Waals surface area (Å²) in [6.45, 7) is 7.05. The molecule has 0 aliphatic carbocycles. The number of benzene rings is 2. The third kappa shape index (κ3) is 7.23. The fraction of sp³-hybridized carbons (Fsp3) is 0.435. The number of sulfonamides is 1. The van der Waals surface area contributed by atoms with Gasteiger partial charge in [0.1, 0.15) is 12.6 Å². The number of nitrogens with one attached hydrogen (secondary N) is 3. The van der Waals surface area contributed by atoms with Crippen LogP contribution < -0.4 is 14.9 Å². The van der Waals surface area contributed by atoms with E-state index in [4.69, 9.17) is 0 Å². The first kappa shape index (κ1) is 24.1. The van der Waals surface area contributed by atoms with Crippen molar-refractivity contribution in [1.29, 1.82) is 0 Å². The quantitative estimate of drug-likeness (QED) is 0.534. The van der Waals surface area contributed by atoms with Gasteiger partial charge in [-0.15, -0.1) is 0 Å². The predicted octanol–water partition coefficient (Wildman–Crippen LogP) is 1.65. The SMILES string of the molecule is Cc1ccc(S(=O)(=O)N[C@@H](CC(C)C)C(=O)NCc2ccccc2C[NH+](C)C)cc1. The van der Waals surface area contributed by atoms with Crippen molar-refractivity contribution in [2.75, 3.05) is 14.1 Å². The van der Waals surface area contributed by atoms with Crippen molar-refractivity contribution >= 4 is 15.9 Å². The van der Waals surface area contributed by atoms with Crippen LogP contribution in [0.2, 0.25) is 0 Å². The van der Waals surface area contributed by atoms with Gasteiger partial charge < -0.3 is 10.2 Å². The van der Waals surface area contributed by atoms with Gasteiger partial charge in [0.2, 0.25) is 15.9 Å². The zero-order valence-electron chi connectivity index (χ0n) is 18.5. The summed E-state index contributed by atoms with van der Waals surface area (Å²) in [5.74, 6) is -0.155. The zero-order valence-corrected chi connectivity index (χ0v) is 19.3. The Morgan fingerprint density at radius 1 is 1.00 bits per heavy atom. The third-order valence-corrected chi connectivity index (χ3v) is 6.26. The van der Waals surface area contributed by atoms with Gasteiger partial charge in [0, 0.05) is 12.1 Å². The molecule has 2 aromatic carbocycles. The molecule has 0 fully saturated rings. The first-order valence-corrected chi connectivity index (χ1v) is 11.8. The van der Waals surface area contributed by atoms with E-state index in [2.05, 4.69) is 30.2 Å². The molecule has 164 valence electrons. The molecule has 0 spiro atoms. The van der Waals surface area contributed by atoms with E-state index in [-0.39, 0.29) is 16.7 Å². The van der Waals surface area contributed by atoms with Gasteiger partial charge in [0.25, 0.3) is 0 Å². The molecule has 0 saturated heterocycles. The molecule has 1 atom stereocenters. The number of quaternary nitrogens is 1. The molecule has 2 rings (SSSR count). The van der Waals surface area contributed by atoms with E-state index in [1.54, 1.807) is 24.3 Å². The van der Waals surface area contributed by atoms with Crippen molar-refractivity contribution in [3.05, 3.63) is 65.2 Å². The topological polar surface area (TPSA) is 79.7 Å². The van der Waals surface area contributed by atoms with Gasteiger partial charge in [0.05, 0.1) is 19.0 Å². The molecule has 0 unspecified atom stereocenters. The Morgan fingerprint density at radius 2 is 1.60 bits per heavy atom. The van der Waals surface area contributed by atoms with Gasteiger partial charge in [-0.2, -0.15) is 4.72 Å². The summed E-state index contributed by atoms with van der Waals surface area (Å²) in [4.78, 5) is 14.4. The van der Waals surface area contributed by atoms with Crippen LogP contribution in [0.5, 0.6) is 0 Å². The molecule has 2 aromatic rings. The number of carbonyl (C=O) groups excluding carboxylic acids is 1. The first-order valence-electron chi connectivity index (χ1n) is 10.3. The Kier molecular flexibility index (Phi) is 8.58. The fourth-order valence-electron chi connectivity index (χ4n) is 3.24. The average Bonchev–Trinajstić information content (AvgIpc) is 2.66. The summed E-state index contributed by atoms with van der Waals surface area (Å²) in [7, 11) is 0.366. The molecule has 0 aliphatic heterocycles. The van der Waals surface area contributed by atoms with Crippen LogP contribution in [0.4, 0.5) is 0 Å². The summed E-state index contributed by atoms with van der Waals surface area (Å²) < 4.78 is 28.2. The second-order valence-electron chi connectivity index (χ2n) is 8.49. The molecule has 0 radical (unpaired) electrons. The highest BCUT2D eigenvalue weighted by Crippen LogP contribution is 2.14. The van der Waals surface area contributed by atoms with Gasteiger partial charge in [-0.3, -0.25) is 4.79 Å². The fourth-order valence-corrected chi connectivity index (χ4v) is 4.45. The van der Waals surface area contributed by atoms with E-state index in [1.807, 2.05) is 39.0 Å². The lowest BCUT2D eigenvalue weighted by Crippen LogP contribution is -3.04. The molecule has 0 aliphatic rings. The molecule has 30 heavy (non-hydrogen) atoms. The van der Waals surface area contributed by atoms with Gasteiger partial charge in [0.15, 0.2) is 0 Å². The molecular weight excluding hydrogens is 398 g/mol. The minimum absolute atomic E-state index is 0.158. The van der Waals surface area contributed by atoms with Crippen LogP contribution in [0.15, 0.2) is 53.4 Å². The average molecular weight is 433 g/mol. The number of amides is 1. The van der Waals surface area contributed by atoms with E-state index < -0.39 is 16.1 Å². The minimum atomic E-state index is -3.79. The van der Waals surface area contributed by atoms with Gasteiger partial charge in [-0.25, -0.2) is 8.42 Å². The normalized spacial score (nSPS) is 12.9. The molecular formula is C23H34N3O3S+. The maximum absolute atomic E-state index is 12.9. The lowest BCUT2D eigenvalue weighted by Gasteiger charge is -2.21. The minimum Gasteiger partial charge on any atom is -0.351 e. The second kappa shape index (κ2) is 10.7. The molecule has 1 amide bonds. The van der Waals surface area contributed by atoms with Gasteiger partial charge >= 0.3 is 0 Å². The van der Waals surface area contributed by atoms with Gasteiger partial charge in [-0.05, 0) is 37.0 Å². The van der Waals surface area contributed by atoms with Crippen LogP contribution in [-0.4, -0.2) is 34.5 Å². The highest BCUT2D eigenvalue weighted by atomic mass is 32.2. The van der Waals surface area contributed by atoms with Crippen LogP contribution in [0.3, 0.4) is 0 Å². The highest BCUT2D eigenvalue weighted by Gasteiger charge is 2.26. The summed E-state index contributed by atoms with van der Waals surface area (Å²) in [5.41, 5.74) is 3.18. The maximum Gasteiger partial charge on any atom is 0.241 e. The highest BCUT2D eigenvalue weighted by molar-refractivity contribution is 7.89. The van der Waals surface area contributed by atoms with Crippen molar-refractivity contribution in [1.82, 2.24) is 10.0 Å². The van der Waals surface area contributed by atoms with E-state index in [1.165, 1.54) is 10.5 Å². The smallest absolute Gasteiger partial charge is 0.241 e. The second-order valence-corrected chi connectivity index (χ2v) is 10.2. The van der Waals surface area contributed by atoms with E-state index in [9.17, 15) is 13.2 Å². The van der Waals surface area contributed by atoms with Crippen molar-refractivity contribution < 1.29 is 18.1 Å². The molecule has 3 N–H and O–H groups in total. The third-order valence-electron chi connectivity index (χ3n) is 4.77. The monoisotopic (exact) mass is 432 g/mol. The van der Waals surface area contributed by atoms with Gasteiger partial charge in [-0.1, -0.05) is 55.8 Å². The van der Waals surface area contributed by atoms with E-state index in [0.29, 0.717) is 13.0 Å². The lowest BCUT2D eigenvalue weighted by atomic mass is 10.0. The summed E-state index contributed by atoms with van der Waals surface area (Å²) in [5, 5.41) is 2.93. The Bertz CT molecular complexity index is 938. The molecule has 0 aromatic heterocycles. The van der Waals surface area contributed by atoms with Crippen molar-refractivity contribution in [3.63, 3.8) is 0 Å². The Labute approximate surface area is 180 Å². The predicted molar refractivity (Wildman–Crippen MR) is 120 cm³/mol. The zero-order chi connectivity index (χ0) is 22.3. The summed E-state index contributed by atoms with van der Waals surface area (Å²) in [6.07, 6.45) is 0.417. The Balaban J connectivity index is 2.13. The molecule has 0 bridgehead atoms. The standard InChI is InChI=1S/C23H33N3O3S/c1-17(2)14-22(25-30(28,29)21-12-10-18(3)11-13-21)23(27)24-15-19-8-6-7-9-20(19)16-26(4)5/h6-13,17,22,25H,14-16H2,1-5H3,(H,24,27)/p+1/t22-/m0/s1. The lowest BCUT2D eigenvalue weighted by molar-refractivity contribution is -0.872. The molecule has 6 nitrogen and oxygen atoms in total. The van der Waals surface area contributed by atoms with E-state index >= 15 is 0 Å². The Morgan fingerprint density at radius 3 is 2.17 bits per heavy atom. The summed E-state index contributed by atoms with van der Waals surface area (Å²) in [6, 6.07) is 13.8. The van der Waals surface area contributed by atoms with Crippen LogP contribution >= 0.6 is 0 Å². The first-order chi connectivity index (χ1) is 14.1. The maximum atomic E-state index is 12.9. The number of carbonyl (C=O) groups is 1.